The van der Waals surface area contributed by atoms with Crippen molar-refractivity contribution in [3.05, 3.63) is 95.8 Å². The molecule has 452 valence electrons. The lowest BCUT2D eigenvalue weighted by molar-refractivity contribution is -0.138. The van der Waals surface area contributed by atoms with E-state index >= 15 is 4.39 Å². The number of rotatable bonds is 39. The number of imide groups is 1. The van der Waals surface area contributed by atoms with E-state index in [1.54, 1.807) is 17.2 Å². The number of aliphatic carboxylic acids is 1. The van der Waals surface area contributed by atoms with Crippen molar-refractivity contribution in [2.45, 2.75) is 90.8 Å². The van der Waals surface area contributed by atoms with Gasteiger partial charge in [-0.05, 0) is 47.7 Å². The fourth-order valence-corrected chi connectivity index (χ4v) is 9.95. The van der Waals surface area contributed by atoms with Crippen molar-refractivity contribution in [3.8, 4) is 11.1 Å². The number of amides is 7. The number of carbonyl (C=O) groups excluding carboxylic acids is 7. The lowest BCUT2D eigenvalue weighted by atomic mass is 9.83. The number of benzene rings is 2. The molecule has 4 rings (SSSR count). The zero-order valence-corrected chi connectivity index (χ0v) is 49.7. The minimum atomic E-state index is -1.46. The highest BCUT2D eigenvalue weighted by Crippen LogP contribution is 2.41. The molecule has 0 saturated heterocycles. The number of nitrogens with one attached hydrogen (secondary N) is 4. The summed E-state index contributed by atoms with van der Waals surface area (Å²) in [5, 5.41) is 19.9. The molecule has 2 aromatic carbocycles. The van der Waals surface area contributed by atoms with Gasteiger partial charge in [0, 0.05) is 101 Å². The van der Waals surface area contributed by atoms with Gasteiger partial charge < -0.3 is 59.5 Å². The van der Waals surface area contributed by atoms with E-state index in [4.69, 9.17) is 23.7 Å². The van der Waals surface area contributed by atoms with Crippen LogP contribution in [0.4, 0.5) is 13.6 Å². The van der Waals surface area contributed by atoms with Gasteiger partial charge >= 0.3 is 12.1 Å². The second-order valence-electron chi connectivity index (χ2n) is 21.5. The highest BCUT2D eigenvalue weighted by molar-refractivity contribution is 8.00. The van der Waals surface area contributed by atoms with Crippen LogP contribution in [-0.4, -0.2) is 185 Å². The Hall–Kier alpha value is -6.51. The van der Waals surface area contributed by atoms with Crippen LogP contribution >= 0.6 is 11.8 Å². The fraction of sp³-hybridized carbons (Fsp3) is 0.544. The topological polar surface area (TPSA) is 262 Å². The maximum absolute atomic E-state index is 15.4. The number of aromatic nitrogens is 1. The molecule has 5 N–H and O–H groups in total. The van der Waals surface area contributed by atoms with Crippen molar-refractivity contribution in [2.75, 3.05) is 104 Å². The first-order valence-electron chi connectivity index (χ1n) is 27.4. The summed E-state index contributed by atoms with van der Waals surface area (Å²) in [5.41, 5.74) is 1.33. The molecule has 2 atom stereocenters. The number of carbonyl (C=O) groups is 8. The number of carboxylic acids is 1. The molecule has 1 aromatic heterocycles. The monoisotopic (exact) mass is 1190 g/mol. The number of thioether (sulfide) groups is 1. The van der Waals surface area contributed by atoms with E-state index in [9.17, 15) is 47.9 Å². The Morgan fingerprint density at radius 3 is 2.02 bits per heavy atom. The first-order valence-corrected chi connectivity index (χ1v) is 32.3. The minimum absolute atomic E-state index is 0.00158. The van der Waals surface area contributed by atoms with Crippen molar-refractivity contribution in [2.24, 2.45) is 5.41 Å². The fourth-order valence-electron chi connectivity index (χ4n) is 8.31. The Balaban J connectivity index is 1.33. The van der Waals surface area contributed by atoms with Crippen molar-refractivity contribution in [1.29, 1.82) is 0 Å². The van der Waals surface area contributed by atoms with Crippen molar-refractivity contribution < 1.29 is 75.9 Å². The van der Waals surface area contributed by atoms with Gasteiger partial charge in [-0.25, -0.2) is 13.6 Å². The summed E-state index contributed by atoms with van der Waals surface area (Å²) in [6.45, 7) is 15.1. The molecular weight excluding hydrogens is 1100 g/mol. The highest BCUT2D eigenvalue weighted by Gasteiger charge is 2.37. The van der Waals surface area contributed by atoms with Crippen LogP contribution in [0.3, 0.4) is 0 Å². The largest absolute Gasteiger partial charge is 0.481 e. The third-order valence-corrected chi connectivity index (χ3v) is 15.2. The van der Waals surface area contributed by atoms with Gasteiger partial charge in [0.25, 0.3) is 11.8 Å². The van der Waals surface area contributed by atoms with Crippen LogP contribution in [-0.2, 0) is 63.8 Å². The molecule has 7 amide bonds. The molecule has 0 aliphatic carbocycles. The van der Waals surface area contributed by atoms with Crippen LogP contribution in [0, 0.1) is 17.0 Å². The number of carboxylic acid groups (broad SMARTS) is 1. The van der Waals surface area contributed by atoms with Crippen molar-refractivity contribution in [3.63, 3.8) is 0 Å². The normalized spacial score (nSPS) is 13.2. The van der Waals surface area contributed by atoms with Gasteiger partial charge in [0.05, 0.1) is 77.7 Å². The SMILES string of the molecule is CC(C)(C)[C@H](c1cc(-c2cc(F)ccc2F)cn1Cc1ccccc1)N(CCCNC(=O)OCC[Si](C)(C)C)C(=O)CSC[C@H](NC(=O)CCOCCOCCOCCOCCNC(=O)CCN1C(=O)C=CC1=O)C(=O)NCCC(=O)O. The maximum Gasteiger partial charge on any atom is 0.407 e. The van der Waals surface area contributed by atoms with Crippen LogP contribution in [0.15, 0.2) is 72.9 Å². The highest BCUT2D eigenvalue weighted by atomic mass is 32.2. The molecule has 0 radical (unpaired) electrons. The van der Waals surface area contributed by atoms with Gasteiger partial charge in [-0.2, -0.15) is 0 Å². The number of hydrogen-bond donors (Lipinski definition) is 5. The number of ether oxygens (including phenoxy) is 5. The zero-order chi connectivity index (χ0) is 60.1. The molecule has 2 heterocycles. The number of halogens is 2. The molecule has 21 nitrogen and oxygen atoms in total. The van der Waals surface area contributed by atoms with E-state index in [-0.39, 0.29) is 140 Å². The Labute approximate surface area is 483 Å². The molecule has 1 aliphatic heterocycles. The smallest absolute Gasteiger partial charge is 0.407 e. The lowest BCUT2D eigenvalue weighted by Gasteiger charge is -2.41. The quantitative estimate of drug-likeness (QED) is 0.0267. The Bertz CT molecular complexity index is 2580. The second-order valence-corrected chi connectivity index (χ2v) is 28.2. The third kappa shape index (κ3) is 25.7. The van der Waals surface area contributed by atoms with Gasteiger partial charge in [-0.3, -0.25) is 38.5 Å². The van der Waals surface area contributed by atoms with Crippen LogP contribution in [0.25, 0.3) is 11.1 Å². The molecule has 0 bridgehead atoms. The molecular formula is C57H81F2N7O14SSi. The first-order chi connectivity index (χ1) is 39.0. The molecule has 82 heavy (non-hydrogen) atoms. The molecule has 0 saturated carbocycles. The van der Waals surface area contributed by atoms with E-state index in [1.807, 2.05) is 55.7 Å². The van der Waals surface area contributed by atoms with Crippen molar-refractivity contribution >= 4 is 67.3 Å². The van der Waals surface area contributed by atoms with Gasteiger partial charge in [-0.15, -0.1) is 11.8 Å². The van der Waals surface area contributed by atoms with Gasteiger partial charge in [0.2, 0.25) is 23.6 Å². The Kier molecular flexibility index (Phi) is 29.4. The average molecular weight is 1190 g/mol. The van der Waals surface area contributed by atoms with Gasteiger partial charge in [0.1, 0.15) is 17.7 Å². The number of hydrogen-bond acceptors (Lipinski definition) is 14. The summed E-state index contributed by atoms with van der Waals surface area (Å²) in [4.78, 5) is 103. The van der Waals surface area contributed by atoms with E-state index in [0.29, 0.717) is 24.2 Å². The van der Waals surface area contributed by atoms with Crippen molar-refractivity contribution in [1.82, 2.24) is 35.6 Å². The summed E-state index contributed by atoms with van der Waals surface area (Å²) in [7, 11) is -1.46. The number of nitrogens with zero attached hydrogens (tertiary/aromatic N) is 3. The first kappa shape index (κ1) is 68.0. The molecule has 0 spiro atoms. The van der Waals surface area contributed by atoms with E-state index < -0.39 is 72.9 Å². The molecule has 0 unspecified atom stereocenters. The second kappa shape index (κ2) is 35.5. The summed E-state index contributed by atoms with van der Waals surface area (Å²) in [5.74, 6) is -5.33. The third-order valence-electron chi connectivity index (χ3n) is 12.4. The summed E-state index contributed by atoms with van der Waals surface area (Å²) >= 11 is 1.09. The molecule has 3 aromatic rings. The van der Waals surface area contributed by atoms with Crippen LogP contribution in [0.1, 0.15) is 63.8 Å². The predicted octanol–water partition coefficient (Wildman–Crippen LogP) is 5.55. The van der Waals surface area contributed by atoms with E-state index in [0.717, 1.165) is 58.6 Å². The molecule has 0 fully saturated rings. The van der Waals surface area contributed by atoms with Gasteiger partial charge in [0.15, 0.2) is 0 Å². The maximum atomic E-state index is 15.4. The zero-order valence-electron chi connectivity index (χ0n) is 47.9. The molecule has 25 heteroatoms. The van der Waals surface area contributed by atoms with Crippen LogP contribution < -0.4 is 21.3 Å². The summed E-state index contributed by atoms with van der Waals surface area (Å²) in [6, 6.07) is 13.5. The lowest BCUT2D eigenvalue weighted by Crippen LogP contribution is -2.49. The summed E-state index contributed by atoms with van der Waals surface area (Å²) < 4.78 is 59.5. The minimum Gasteiger partial charge on any atom is -0.481 e. The standard InChI is InChI=1S/C57H81F2N7O14SSi/c1-57(2,3)54(47-35-42(44-36-43(58)13-14-45(44)59)38-64(47)37-41-11-8-7-9-12-41)66(23-10-20-62-56(75)80-33-34-82(4,5)6)52(71)40-81-39-46(55(74)61-21-17-53(72)73)63-49(68)19-25-76-27-29-78-31-32-79-30-28-77-26-22-60-48(67)18-24-65-50(69)15-16-51(65)70/h7-9,11-16,35-36,38,46,54H,10,17-34,37,39-40H2,1-6H3,(H,60,67)(H,61,74)(H,62,75)(H,63,68)(H,72,73)/t46-,54-/m0/s1. The number of alkyl carbamates (subject to hydrolysis) is 1. The Morgan fingerprint density at radius 2 is 1.39 bits per heavy atom. The Morgan fingerprint density at radius 1 is 0.744 bits per heavy atom. The van der Waals surface area contributed by atoms with Gasteiger partial charge in [-0.1, -0.05) is 70.7 Å². The molecule has 1 aliphatic rings. The summed E-state index contributed by atoms with van der Waals surface area (Å²) in [6.07, 6.45) is 3.31. The van der Waals surface area contributed by atoms with E-state index in [1.165, 1.54) is 0 Å². The van der Waals surface area contributed by atoms with Crippen LogP contribution in [0.2, 0.25) is 25.7 Å². The predicted molar refractivity (Wildman–Crippen MR) is 307 cm³/mol. The van der Waals surface area contributed by atoms with E-state index in [2.05, 4.69) is 40.9 Å². The average Bonchev–Trinajstić information content (AvgIpc) is 4.19. The van der Waals surface area contributed by atoms with Crippen LogP contribution in [0.5, 0.6) is 0 Å².